The van der Waals surface area contributed by atoms with Crippen LogP contribution in [0, 0.1) is 0 Å². The smallest absolute Gasteiger partial charge is 0.0807 e. The minimum Gasteiger partial charge on any atom is -1.00 e. The van der Waals surface area contributed by atoms with Crippen LogP contribution in [0.4, 0.5) is 0 Å². The van der Waals surface area contributed by atoms with Gasteiger partial charge in [0.2, 0.25) is 0 Å². The first-order chi connectivity index (χ1) is 32.7. The SMILES string of the molecule is CCCCCCCC[Si]c1ccccc1.CCCCCCCC[Si]c1ccccc1.[Cl-].[Cl-].[Hf].[Hf].c1ccc2[cH-]ccc2c1.c1ccc2[cH-]ccc2c1.c1ccc2[cH-]ccc2c1.c1ccc2[cH-]ccc2c1. The van der Waals surface area contributed by atoms with Crippen molar-refractivity contribution < 1.29 is 76.5 Å². The minimum atomic E-state index is 0. The fraction of sp³-hybridized carbons (Fsp3) is 0.250. The van der Waals surface area contributed by atoms with Crippen LogP contribution in [0.15, 0.2) is 231 Å². The van der Waals surface area contributed by atoms with E-state index >= 15 is 0 Å². The quantitative estimate of drug-likeness (QED) is 0.0514. The number of rotatable bonds is 16. The fourth-order valence-corrected chi connectivity index (χ4v) is 9.95. The Kier molecular flexibility index (Phi) is 38.8. The molecule has 364 valence electrons. The van der Waals surface area contributed by atoms with E-state index in [1.165, 1.54) is 143 Å². The molecule has 6 heteroatoms. The molecular weight excluding hydrogens is 1250 g/mol. The van der Waals surface area contributed by atoms with E-state index in [0.717, 1.165) is 19.0 Å². The van der Waals surface area contributed by atoms with Crippen molar-refractivity contribution in [3.05, 3.63) is 231 Å². The molecule has 70 heavy (non-hydrogen) atoms. The second-order valence-electron chi connectivity index (χ2n) is 16.7. The summed E-state index contributed by atoms with van der Waals surface area (Å²) in [5.41, 5.74) is 0. The predicted octanol–water partition coefficient (Wildman–Crippen LogP) is 11.8. The summed E-state index contributed by atoms with van der Waals surface area (Å²) < 4.78 is 0. The summed E-state index contributed by atoms with van der Waals surface area (Å²) >= 11 is 0. The monoisotopic (exact) mass is 1330 g/mol. The summed E-state index contributed by atoms with van der Waals surface area (Å²) in [7, 11) is 2.03. The van der Waals surface area contributed by atoms with Gasteiger partial charge in [0.1, 0.15) is 0 Å². The van der Waals surface area contributed by atoms with Crippen LogP contribution in [0.1, 0.15) is 90.9 Å². The van der Waals surface area contributed by atoms with Crippen LogP contribution >= 0.6 is 0 Å². The Labute approximate surface area is 478 Å². The molecule has 0 heterocycles. The molecule has 10 aromatic carbocycles. The molecule has 0 bridgehead atoms. The van der Waals surface area contributed by atoms with Gasteiger partial charge in [-0.15, -0.1) is 119 Å². The Hall–Kier alpha value is -3.49. The van der Waals surface area contributed by atoms with Crippen LogP contribution in [-0.2, 0) is 51.7 Å². The minimum absolute atomic E-state index is 0. The maximum Gasteiger partial charge on any atom is 0.0807 e. The van der Waals surface area contributed by atoms with Gasteiger partial charge in [-0.25, -0.2) is 0 Å². The van der Waals surface area contributed by atoms with Crippen LogP contribution < -0.4 is 35.2 Å². The van der Waals surface area contributed by atoms with Gasteiger partial charge in [-0.3, -0.25) is 0 Å². The Morgan fingerprint density at radius 2 is 0.529 bits per heavy atom. The zero-order valence-electron chi connectivity index (χ0n) is 41.6. The first-order valence-electron chi connectivity index (χ1n) is 24.7. The van der Waals surface area contributed by atoms with Crippen LogP contribution in [0.5, 0.6) is 0 Å². The third-order valence-corrected chi connectivity index (χ3v) is 14.1. The van der Waals surface area contributed by atoms with E-state index < -0.39 is 0 Å². The molecule has 0 aliphatic rings. The van der Waals surface area contributed by atoms with Crippen molar-refractivity contribution >= 4 is 72.5 Å². The van der Waals surface area contributed by atoms with Crippen molar-refractivity contribution in [3.63, 3.8) is 0 Å². The normalized spacial score (nSPS) is 9.74. The topological polar surface area (TPSA) is 0 Å². The summed E-state index contributed by atoms with van der Waals surface area (Å²) in [6.07, 6.45) is 17.0. The molecular formula is C64H72Cl2Hf2Si2-6. The average molecular weight is 1330 g/mol. The number of fused-ring (bicyclic) bond motifs is 4. The molecule has 0 saturated heterocycles. The first kappa shape index (κ1) is 64.5. The number of halogens is 2. The summed E-state index contributed by atoms with van der Waals surface area (Å²) in [5.74, 6) is 0. The third-order valence-electron chi connectivity index (χ3n) is 11.5. The largest absolute Gasteiger partial charge is 1.00 e. The average Bonchev–Trinajstić information content (AvgIpc) is 4.23. The zero-order valence-corrected chi connectivity index (χ0v) is 52.3. The second-order valence-corrected chi connectivity index (χ2v) is 19.6. The van der Waals surface area contributed by atoms with Crippen molar-refractivity contribution in [2.24, 2.45) is 0 Å². The third kappa shape index (κ3) is 26.8. The first-order valence-corrected chi connectivity index (χ1v) is 27.1. The van der Waals surface area contributed by atoms with Gasteiger partial charge in [0.15, 0.2) is 0 Å². The molecule has 0 unspecified atom stereocenters. The Bertz CT molecular complexity index is 2220. The summed E-state index contributed by atoms with van der Waals surface area (Å²) in [4.78, 5) is 0. The van der Waals surface area contributed by atoms with Gasteiger partial charge in [0.25, 0.3) is 0 Å². The summed E-state index contributed by atoms with van der Waals surface area (Å²) in [6, 6.07) is 83.2. The van der Waals surface area contributed by atoms with E-state index in [0.29, 0.717) is 0 Å². The number of benzene rings is 6. The van der Waals surface area contributed by atoms with Crippen molar-refractivity contribution in [2.45, 2.75) is 103 Å². The summed E-state index contributed by atoms with van der Waals surface area (Å²) in [6.45, 7) is 4.55. The van der Waals surface area contributed by atoms with Gasteiger partial charge in [-0.1, -0.05) is 198 Å². The van der Waals surface area contributed by atoms with Crippen LogP contribution in [0.3, 0.4) is 0 Å². The molecule has 0 aliphatic heterocycles. The van der Waals surface area contributed by atoms with E-state index in [-0.39, 0.29) is 76.5 Å². The van der Waals surface area contributed by atoms with Crippen molar-refractivity contribution in [2.75, 3.05) is 0 Å². The maximum atomic E-state index is 2.27. The van der Waals surface area contributed by atoms with Gasteiger partial charge in [0, 0.05) is 51.7 Å². The molecule has 10 rings (SSSR count). The van der Waals surface area contributed by atoms with E-state index in [1.54, 1.807) is 0 Å². The van der Waals surface area contributed by atoms with E-state index in [1.807, 2.05) is 0 Å². The van der Waals surface area contributed by atoms with Gasteiger partial charge in [-0.05, 0) is 0 Å². The molecule has 0 atom stereocenters. The molecule has 0 amide bonds. The Balaban J connectivity index is 0.000000420. The molecule has 0 aromatic heterocycles. The standard InChI is InChI=1S/2C14H22Si.4C9H7.2ClH.2Hf/c2*1-2-3-4-5-6-10-13-15-14-11-8-7-9-12-14;4*1-2-5-9-7-3-6-8(9)4-1;;;;/h2*7-9,11-12H,2-6,10,13H2,1H3;4*1-7H;2*1H;;/q;;4*-1;;;;/p-2. The second kappa shape index (κ2) is 42.1. The maximum absolute atomic E-state index is 2.27. The molecule has 0 aliphatic carbocycles. The molecule has 0 fully saturated rings. The molecule has 10 aromatic rings. The van der Waals surface area contributed by atoms with Crippen molar-refractivity contribution in [3.8, 4) is 0 Å². The van der Waals surface area contributed by atoms with Crippen LogP contribution in [0.2, 0.25) is 12.1 Å². The van der Waals surface area contributed by atoms with Gasteiger partial charge < -0.3 is 24.8 Å². The van der Waals surface area contributed by atoms with Gasteiger partial charge in [-0.2, -0.15) is 70.1 Å². The fourth-order valence-electron chi connectivity index (χ4n) is 7.67. The molecule has 0 saturated carbocycles. The van der Waals surface area contributed by atoms with Crippen molar-refractivity contribution in [1.29, 1.82) is 0 Å². The van der Waals surface area contributed by atoms with Gasteiger partial charge >= 0.3 is 0 Å². The number of hydrogen-bond donors (Lipinski definition) is 0. The molecule has 0 nitrogen and oxygen atoms in total. The zero-order chi connectivity index (χ0) is 46.0. The van der Waals surface area contributed by atoms with Gasteiger partial charge in [0.05, 0.1) is 19.0 Å². The van der Waals surface area contributed by atoms with Crippen molar-refractivity contribution in [1.82, 2.24) is 0 Å². The number of hydrogen-bond acceptors (Lipinski definition) is 0. The van der Waals surface area contributed by atoms with E-state index in [9.17, 15) is 0 Å². The predicted molar refractivity (Wildman–Crippen MR) is 298 cm³/mol. The van der Waals surface area contributed by atoms with Crippen LogP contribution in [-0.4, -0.2) is 19.0 Å². The van der Waals surface area contributed by atoms with Crippen LogP contribution in [0.25, 0.3) is 43.1 Å². The Morgan fingerprint density at radius 3 is 0.800 bits per heavy atom. The molecule has 0 N–H and O–H groups in total. The molecule has 4 radical (unpaired) electrons. The Morgan fingerprint density at radius 1 is 0.286 bits per heavy atom. The molecule has 0 spiro atoms. The number of unbranched alkanes of at least 4 members (excludes halogenated alkanes) is 10. The summed E-state index contributed by atoms with van der Waals surface area (Å²) in [5, 5.41) is 13.7. The van der Waals surface area contributed by atoms with E-state index in [2.05, 4.69) is 244 Å². The van der Waals surface area contributed by atoms with E-state index in [4.69, 9.17) is 0 Å².